The van der Waals surface area contributed by atoms with Gasteiger partial charge >= 0.3 is 0 Å². The summed E-state index contributed by atoms with van der Waals surface area (Å²) in [6.45, 7) is 2.43. The second-order valence-corrected chi connectivity index (χ2v) is 5.72. The molecule has 2 fully saturated rings. The van der Waals surface area contributed by atoms with Crippen molar-refractivity contribution in [1.29, 1.82) is 0 Å². The third-order valence-electron chi connectivity index (χ3n) is 4.45. The number of hydrogen-bond acceptors (Lipinski definition) is 2. The Morgan fingerprint density at radius 3 is 2.59 bits per heavy atom. The van der Waals surface area contributed by atoms with E-state index in [4.69, 9.17) is 0 Å². The van der Waals surface area contributed by atoms with Gasteiger partial charge in [0.2, 0.25) is 0 Å². The molecule has 0 amide bonds. The smallest absolute Gasteiger partial charge is 0.141 e. The van der Waals surface area contributed by atoms with Gasteiger partial charge in [-0.2, -0.15) is 0 Å². The molecule has 1 aliphatic carbocycles. The fourth-order valence-electron chi connectivity index (χ4n) is 3.15. The predicted molar refractivity (Wildman–Crippen MR) is 65.2 cm³/mol. The zero-order valence-electron chi connectivity index (χ0n) is 10.1. The van der Waals surface area contributed by atoms with Crippen LogP contribution in [0.4, 0.5) is 4.39 Å². The normalized spacial score (nSPS) is 23.6. The number of aromatic nitrogens is 1. The molecule has 1 saturated carbocycles. The Balaban J connectivity index is 1.55. The average Bonchev–Trinajstić information content (AvgIpc) is 2.31. The molecular weight excluding hydrogens is 215 g/mol. The molecule has 2 aliphatic rings. The van der Waals surface area contributed by atoms with Crippen molar-refractivity contribution in [3.63, 3.8) is 0 Å². The summed E-state index contributed by atoms with van der Waals surface area (Å²) in [5.41, 5.74) is 1.67. The zero-order valence-corrected chi connectivity index (χ0v) is 10.1. The lowest BCUT2D eigenvalue weighted by atomic mass is 9.66. The van der Waals surface area contributed by atoms with E-state index < -0.39 is 0 Å². The molecule has 0 aromatic carbocycles. The van der Waals surface area contributed by atoms with Crippen LogP contribution in [-0.4, -0.2) is 18.1 Å². The monoisotopic (exact) mass is 234 g/mol. The van der Waals surface area contributed by atoms with Crippen molar-refractivity contribution in [1.82, 2.24) is 10.3 Å². The van der Waals surface area contributed by atoms with Crippen molar-refractivity contribution in [2.24, 2.45) is 11.3 Å². The lowest BCUT2D eigenvalue weighted by Crippen LogP contribution is -2.54. The van der Waals surface area contributed by atoms with Gasteiger partial charge in [-0.15, -0.1) is 0 Å². The van der Waals surface area contributed by atoms with E-state index in [1.807, 2.05) is 6.07 Å². The molecule has 0 bridgehead atoms. The van der Waals surface area contributed by atoms with Gasteiger partial charge in [0.25, 0.3) is 0 Å². The second kappa shape index (κ2) is 4.37. The molecule has 3 heteroatoms. The molecule has 0 unspecified atom stereocenters. The van der Waals surface area contributed by atoms with Gasteiger partial charge < -0.3 is 5.32 Å². The summed E-state index contributed by atoms with van der Waals surface area (Å²) >= 11 is 0. The number of rotatable bonds is 2. The van der Waals surface area contributed by atoms with Gasteiger partial charge in [-0.3, -0.25) is 4.98 Å². The minimum Gasteiger partial charge on any atom is -0.316 e. The van der Waals surface area contributed by atoms with Gasteiger partial charge in [-0.1, -0.05) is 0 Å². The van der Waals surface area contributed by atoms with Crippen LogP contribution in [0.1, 0.15) is 31.4 Å². The van der Waals surface area contributed by atoms with Crippen LogP contribution in [0.5, 0.6) is 0 Å². The van der Waals surface area contributed by atoms with Crippen molar-refractivity contribution >= 4 is 0 Å². The summed E-state index contributed by atoms with van der Waals surface area (Å²) < 4.78 is 12.8. The average molecular weight is 234 g/mol. The van der Waals surface area contributed by atoms with Crippen LogP contribution in [0.25, 0.3) is 0 Å². The first-order valence-electron chi connectivity index (χ1n) is 6.57. The Kier molecular flexibility index (Phi) is 2.87. The fourth-order valence-corrected chi connectivity index (χ4v) is 3.15. The highest BCUT2D eigenvalue weighted by atomic mass is 19.1. The van der Waals surface area contributed by atoms with Gasteiger partial charge in [-0.25, -0.2) is 4.39 Å². The molecule has 2 nitrogen and oxygen atoms in total. The van der Waals surface area contributed by atoms with E-state index in [0.29, 0.717) is 5.41 Å². The van der Waals surface area contributed by atoms with E-state index in [1.165, 1.54) is 51.0 Å². The van der Waals surface area contributed by atoms with E-state index in [-0.39, 0.29) is 5.82 Å². The molecule has 17 heavy (non-hydrogen) atoms. The van der Waals surface area contributed by atoms with Crippen molar-refractivity contribution in [3.8, 4) is 0 Å². The number of nitrogens with zero attached hydrogens (tertiary/aromatic N) is 1. The molecule has 2 heterocycles. The lowest BCUT2D eigenvalue weighted by molar-refractivity contribution is 0.0815. The standard InChI is InChI=1S/C14H19FN2/c15-12-1-2-13(17-8-12)7-11-3-5-14(6-4-11)9-16-10-14/h1-2,8,11,16H,3-7,9-10H2. The van der Waals surface area contributed by atoms with Crippen molar-refractivity contribution in [3.05, 3.63) is 29.8 Å². The maximum absolute atomic E-state index is 12.8. The Labute approximate surface area is 102 Å². The summed E-state index contributed by atoms with van der Waals surface area (Å²) in [6.07, 6.45) is 7.67. The highest BCUT2D eigenvalue weighted by Crippen LogP contribution is 2.42. The van der Waals surface area contributed by atoms with Gasteiger partial charge in [0.15, 0.2) is 0 Å². The van der Waals surface area contributed by atoms with Gasteiger partial charge in [0, 0.05) is 18.8 Å². The first kappa shape index (κ1) is 11.1. The molecule has 1 spiro atoms. The highest BCUT2D eigenvalue weighted by molar-refractivity contribution is 5.07. The minimum atomic E-state index is -0.239. The molecule has 1 aliphatic heterocycles. The largest absolute Gasteiger partial charge is 0.316 e. The van der Waals surface area contributed by atoms with Crippen LogP contribution >= 0.6 is 0 Å². The summed E-state index contributed by atoms with van der Waals surface area (Å²) in [6, 6.07) is 3.34. The topological polar surface area (TPSA) is 24.9 Å². The Morgan fingerprint density at radius 1 is 1.29 bits per heavy atom. The minimum absolute atomic E-state index is 0.239. The Morgan fingerprint density at radius 2 is 2.06 bits per heavy atom. The molecule has 3 rings (SSSR count). The van der Waals surface area contributed by atoms with E-state index in [2.05, 4.69) is 10.3 Å². The first-order valence-corrected chi connectivity index (χ1v) is 6.57. The van der Waals surface area contributed by atoms with Crippen LogP contribution in [0.3, 0.4) is 0 Å². The number of hydrogen-bond donors (Lipinski definition) is 1. The third-order valence-corrected chi connectivity index (χ3v) is 4.45. The molecule has 0 radical (unpaired) electrons. The molecule has 1 saturated heterocycles. The number of pyridine rings is 1. The first-order chi connectivity index (χ1) is 8.26. The van der Waals surface area contributed by atoms with E-state index >= 15 is 0 Å². The maximum atomic E-state index is 12.8. The van der Waals surface area contributed by atoms with Gasteiger partial charge in [0.05, 0.1) is 6.20 Å². The van der Waals surface area contributed by atoms with Gasteiger partial charge in [0.1, 0.15) is 5.82 Å². The molecule has 1 N–H and O–H groups in total. The van der Waals surface area contributed by atoms with Crippen molar-refractivity contribution in [2.45, 2.75) is 32.1 Å². The quantitative estimate of drug-likeness (QED) is 0.850. The zero-order chi connectivity index (χ0) is 11.7. The summed E-state index contributed by atoms with van der Waals surface area (Å²) in [4.78, 5) is 4.16. The lowest BCUT2D eigenvalue weighted by Gasteiger charge is -2.47. The number of nitrogens with one attached hydrogen (secondary N) is 1. The van der Waals surface area contributed by atoms with Crippen LogP contribution in [0.15, 0.2) is 18.3 Å². The Hall–Kier alpha value is -0.960. The third kappa shape index (κ3) is 2.34. The number of halogens is 1. The maximum Gasteiger partial charge on any atom is 0.141 e. The summed E-state index contributed by atoms with van der Waals surface area (Å²) in [5.74, 6) is 0.510. The molecule has 1 aromatic rings. The van der Waals surface area contributed by atoms with Gasteiger partial charge in [-0.05, 0) is 55.6 Å². The Bertz CT molecular complexity index is 374. The molecule has 1 aromatic heterocycles. The highest BCUT2D eigenvalue weighted by Gasteiger charge is 2.39. The van der Waals surface area contributed by atoms with Crippen LogP contribution in [0.2, 0.25) is 0 Å². The van der Waals surface area contributed by atoms with E-state index in [0.717, 1.165) is 18.0 Å². The molecular formula is C14H19FN2. The van der Waals surface area contributed by atoms with E-state index in [9.17, 15) is 4.39 Å². The second-order valence-electron chi connectivity index (χ2n) is 5.72. The molecule has 92 valence electrons. The van der Waals surface area contributed by atoms with E-state index in [1.54, 1.807) is 0 Å². The fraction of sp³-hybridized carbons (Fsp3) is 0.643. The van der Waals surface area contributed by atoms with Crippen molar-refractivity contribution in [2.75, 3.05) is 13.1 Å². The summed E-state index contributed by atoms with van der Waals surface area (Å²) in [7, 11) is 0. The summed E-state index contributed by atoms with van der Waals surface area (Å²) in [5, 5.41) is 3.39. The van der Waals surface area contributed by atoms with Crippen LogP contribution in [-0.2, 0) is 6.42 Å². The molecule has 0 atom stereocenters. The predicted octanol–water partition coefficient (Wildman–Crippen LogP) is 2.54. The van der Waals surface area contributed by atoms with Crippen LogP contribution in [0, 0.1) is 17.2 Å². The van der Waals surface area contributed by atoms with Crippen molar-refractivity contribution < 1.29 is 4.39 Å². The SMILES string of the molecule is Fc1ccc(CC2CCC3(CC2)CNC3)nc1. The van der Waals surface area contributed by atoms with Crippen LogP contribution < -0.4 is 5.32 Å².